The first kappa shape index (κ1) is 21.4. The molecule has 4 rings (SSSR count). The van der Waals surface area contributed by atoms with Crippen LogP contribution in [0.1, 0.15) is 25.0 Å². The molecule has 32 heavy (non-hydrogen) atoms. The summed E-state index contributed by atoms with van der Waals surface area (Å²) in [4.78, 5) is 23.0. The Morgan fingerprint density at radius 3 is 2.69 bits per heavy atom. The highest BCUT2D eigenvalue weighted by atomic mass is 16.5. The Morgan fingerprint density at radius 2 is 1.91 bits per heavy atom. The number of hydrogen-bond donors (Lipinski definition) is 3. The number of oxazole rings is 1. The van der Waals surface area contributed by atoms with Crippen molar-refractivity contribution in [3.63, 3.8) is 0 Å². The minimum atomic E-state index is -0.487. The summed E-state index contributed by atoms with van der Waals surface area (Å²) < 4.78 is 16.2. The van der Waals surface area contributed by atoms with Crippen LogP contribution < -0.4 is 21.1 Å². The second-order valence-corrected chi connectivity index (χ2v) is 7.59. The summed E-state index contributed by atoms with van der Waals surface area (Å²) >= 11 is 0. The standard InChI is InChI=1S/C23H25N5O4/c1-13(2)31-12-15-9-16(5-7-19(15)30-4)26-22-24-11-14(3)21(28-22)25-17-6-8-20-18(10-17)27-23(29)32-20/h5-11,13H,12H2,1-4H3,(H,27,29)(H2,24,25,26,28). The van der Waals surface area contributed by atoms with Crippen LogP contribution in [-0.4, -0.2) is 28.2 Å². The van der Waals surface area contributed by atoms with Crippen molar-refractivity contribution in [3.05, 3.63) is 64.3 Å². The molecule has 9 heteroatoms. The number of H-pyrrole nitrogens is 1. The molecule has 2 aromatic heterocycles. The monoisotopic (exact) mass is 435 g/mol. The number of aromatic amines is 1. The summed E-state index contributed by atoms with van der Waals surface area (Å²) in [6.07, 6.45) is 1.85. The Morgan fingerprint density at radius 1 is 1.12 bits per heavy atom. The topological polar surface area (TPSA) is 114 Å². The molecule has 0 saturated carbocycles. The third-order valence-corrected chi connectivity index (χ3v) is 4.76. The molecule has 166 valence electrons. The molecule has 0 saturated heterocycles. The SMILES string of the molecule is COc1ccc(Nc2ncc(C)c(Nc3ccc4oc(=O)[nH]c4c3)n2)cc1COC(C)C. The van der Waals surface area contributed by atoms with E-state index in [9.17, 15) is 4.79 Å². The van der Waals surface area contributed by atoms with Gasteiger partial charge in [-0.15, -0.1) is 0 Å². The lowest BCUT2D eigenvalue weighted by Gasteiger charge is -2.14. The van der Waals surface area contributed by atoms with Crippen LogP contribution in [0, 0.1) is 6.92 Å². The lowest BCUT2D eigenvalue weighted by atomic mass is 10.2. The largest absolute Gasteiger partial charge is 0.496 e. The summed E-state index contributed by atoms with van der Waals surface area (Å²) in [5, 5.41) is 6.50. The van der Waals surface area contributed by atoms with Crippen LogP contribution in [0.4, 0.5) is 23.1 Å². The molecule has 3 N–H and O–H groups in total. The van der Waals surface area contributed by atoms with Gasteiger partial charge in [-0.2, -0.15) is 4.98 Å². The fourth-order valence-corrected chi connectivity index (χ4v) is 3.15. The first-order valence-electron chi connectivity index (χ1n) is 10.2. The van der Waals surface area contributed by atoms with E-state index < -0.39 is 5.76 Å². The smallest absolute Gasteiger partial charge is 0.417 e. The Balaban J connectivity index is 1.55. The molecule has 0 atom stereocenters. The molecule has 0 fully saturated rings. The van der Waals surface area contributed by atoms with Gasteiger partial charge in [-0.3, -0.25) is 4.98 Å². The molecule has 0 bridgehead atoms. The highest BCUT2D eigenvalue weighted by Gasteiger charge is 2.10. The predicted molar refractivity (Wildman–Crippen MR) is 123 cm³/mol. The summed E-state index contributed by atoms with van der Waals surface area (Å²) in [5.41, 5.74) is 4.50. The van der Waals surface area contributed by atoms with E-state index in [2.05, 4.69) is 25.6 Å². The number of nitrogens with zero attached hydrogens (tertiary/aromatic N) is 2. The van der Waals surface area contributed by atoms with Crippen molar-refractivity contribution in [2.45, 2.75) is 33.5 Å². The first-order chi connectivity index (χ1) is 15.4. The van der Waals surface area contributed by atoms with E-state index >= 15 is 0 Å². The number of nitrogens with one attached hydrogen (secondary N) is 3. The van der Waals surface area contributed by atoms with Gasteiger partial charge in [0.25, 0.3) is 0 Å². The van der Waals surface area contributed by atoms with E-state index in [4.69, 9.17) is 13.9 Å². The van der Waals surface area contributed by atoms with Gasteiger partial charge in [0.2, 0.25) is 5.95 Å². The van der Waals surface area contributed by atoms with Crippen molar-refractivity contribution in [1.29, 1.82) is 0 Å². The predicted octanol–water partition coefficient (Wildman–Crippen LogP) is 4.64. The van der Waals surface area contributed by atoms with Crippen molar-refractivity contribution in [3.8, 4) is 5.75 Å². The van der Waals surface area contributed by atoms with Crippen molar-refractivity contribution in [2.24, 2.45) is 0 Å². The number of aromatic nitrogens is 3. The normalized spacial score (nSPS) is 11.2. The molecular formula is C23H25N5O4. The third kappa shape index (κ3) is 4.89. The Kier molecular flexibility index (Phi) is 6.09. The number of methoxy groups -OCH3 is 1. The Hall–Kier alpha value is -3.85. The molecule has 0 aliphatic carbocycles. The fourth-order valence-electron chi connectivity index (χ4n) is 3.15. The minimum Gasteiger partial charge on any atom is -0.496 e. The summed E-state index contributed by atoms with van der Waals surface area (Å²) in [5.74, 6) is 1.36. The molecule has 0 radical (unpaired) electrons. The van der Waals surface area contributed by atoms with Crippen LogP contribution in [0.25, 0.3) is 11.1 Å². The number of fused-ring (bicyclic) bond motifs is 1. The summed E-state index contributed by atoms with van der Waals surface area (Å²) in [6, 6.07) is 11.1. The van der Waals surface area contributed by atoms with Crippen molar-refractivity contribution in [1.82, 2.24) is 15.0 Å². The second kappa shape index (κ2) is 9.11. The highest BCUT2D eigenvalue weighted by molar-refractivity contribution is 5.78. The molecule has 4 aromatic rings. The molecule has 2 heterocycles. The lowest BCUT2D eigenvalue weighted by Crippen LogP contribution is -2.05. The van der Waals surface area contributed by atoms with Crippen LogP contribution in [-0.2, 0) is 11.3 Å². The molecule has 0 spiro atoms. The quantitative estimate of drug-likeness (QED) is 0.367. The summed E-state index contributed by atoms with van der Waals surface area (Å²) in [7, 11) is 1.64. The van der Waals surface area contributed by atoms with E-state index in [1.807, 2.05) is 45.0 Å². The number of benzene rings is 2. The number of ether oxygens (including phenoxy) is 2. The van der Waals surface area contributed by atoms with E-state index in [0.717, 1.165) is 28.3 Å². The van der Waals surface area contributed by atoms with Crippen LogP contribution in [0.2, 0.25) is 0 Å². The molecule has 9 nitrogen and oxygen atoms in total. The molecule has 0 amide bonds. The minimum absolute atomic E-state index is 0.115. The van der Waals surface area contributed by atoms with E-state index in [1.54, 1.807) is 25.4 Å². The Labute approximate surface area is 184 Å². The van der Waals surface area contributed by atoms with Gasteiger partial charge in [-0.1, -0.05) is 0 Å². The van der Waals surface area contributed by atoms with Gasteiger partial charge < -0.3 is 24.5 Å². The molecule has 2 aromatic carbocycles. The molecular weight excluding hydrogens is 410 g/mol. The number of hydrogen-bond acceptors (Lipinski definition) is 8. The average molecular weight is 435 g/mol. The van der Waals surface area contributed by atoms with Crippen LogP contribution >= 0.6 is 0 Å². The van der Waals surface area contributed by atoms with Crippen LogP contribution in [0.15, 0.2) is 51.8 Å². The van der Waals surface area contributed by atoms with Crippen molar-refractivity contribution in [2.75, 3.05) is 17.7 Å². The van der Waals surface area contributed by atoms with Gasteiger partial charge in [-0.25, -0.2) is 9.78 Å². The summed E-state index contributed by atoms with van der Waals surface area (Å²) in [6.45, 7) is 6.34. The van der Waals surface area contributed by atoms with Gasteiger partial charge in [0.1, 0.15) is 11.6 Å². The van der Waals surface area contributed by atoms with Gasteiger partial charge in [0.15, 0.2) is 5.58 Å². The average Bonchev–Trinajstić information content (AvgIpc) is 3.14. The van der Waals surface area contributed by atoms with Gasteiger partial charge in [-0.05, 0) is 57.2 Å². The highest BCUT2D eigenvalue weighted by Crippen LogP contribution is 2.27. The third-order valence-electron chi connectivity index (χ3n) is 4.76. The van der Waals surface area contributed by atoms with Crippen LogP contribution in [0.5, 0.6) is 5.75 Å². The maximum absolute atomic E-state index is 11.4. The fraction of sp³-hybridized carbons (Fsp3) is 0.261. The van der Waals surface area contributed by atoms with Gasteiger partial charge in [0, 0.05) is 28.7 Å². The number of aryl methyl sites for hydroxylation is 1. The van der Waals surface area contributed by atoms with Crippen molar-refractivity contribution < 1.29 is 13.9 Å². The molecule has 0 unspecified atom stereocenters. The van der Waals surface area contributed by atoms with Gasteiger partial charge >= 0.3 is 5.76 Å². The second-order valence-electron chi connectivity index (χ2n) is 7.59. The zero-order valence-corrected chi connectivity index (χ0v) is 18.4. The number of anilines is 4. The maximum atomic E-state index is 11.4. The number of rotatable bonds is 8. The first-order valence-corrected chi connectivity index (χ1v) is 10.2. The molecule has 0 aliphatic rings. The maximum Gasteiger partial charge on any atom is 0.417 e. The van der Waals surface area contributed by atoms with E-state index in [-0.39, 0.29) is 6.10 Å². The van der Waals surface area contributed by atoms with E-state index in [0.29, 0.717) is 29.5 Å². The van der Waals surface area contributed by atoms with Crippen LogP contribution in [0.3, 0.4) is 0 Å². The van der Waals surface area contributed by atoms with E-state index in [1.165, 1.54) is 0 Å². The zero-order valence-electron chi connectivity index (χ0n) is 18.4. The van der Waals surface area contributed by atoms with Gasteiger partial charge in [0.05, 0.1) is 25.3 Å². The zero-order chi connectivity index (χ0) is 22.7. The van der Waals surface area contributed by atoms with Crippen molar-refractivity contribution >= 4 is 34.2 Å². The lowest BCUT2D eigenvalue weighted by molar-refractivity contribution is 0.0645. The Bertz CT molecular complexity index is 1300. The molecule has 0 aliphatic heterocycles.